The molecule has 4 aromatic heterocycles. The van der Waals surface area contributed by atoms with Crippen LogP contribution in [-0.2, 0) is 0 Å². The summed E-state index contributed by atoms with van der Waals surface area (Å²) in [6, 6.07) is 2.02. The van der Waals surface area contributed by atoms with E-state index in [0.29, 0.717) is 5.92 Å². The number of anilines is 1. The predicted molar refractivity (Wildman–Crippen MR) is 114 cm³/mol. The maximum atomic E-state index is 5.15. The predicted octanol–water partition coefficient (Wildman–Crippen LogP) is 3.16. The highest BCUT2D eigenvalue weighted by molar-refractivity contribution is 5.98. The normalized spacial score (nSPS) is 17.3. The van der Waals surface area contributed by atoms with Crippen molar-refractivity contribution in [2.45, 2.75) is 25.7 Å². The van der Waals surface area contributed by atoms with Crippen molar-refractivity contribution < 1.29 is 0 Å². The molecule has 0 bridgehead atoms. The number of aryl methyl sites for hydroxylation is 1. The lowest BCUT2D eigenvalue weighted by molar-refractivity contribution is 0.586. The molecule has 2 fully saturated rings. The smallest absolute Gasteiger partial charge is 0.163 e. The third-order valence-electron chi connectivity index (χ3n) is 6.06. The van der Waals surface area contributed by atoms with Crippen LogP contribution in [0.5, 0.6) is 0 Å². The summed E-state index contributed by atoms with van der Waals surface area (Å²) in [5, 5.41) is 5.72. The number of fused-ring (bicyclic) bond motifs is 2. The Morgan fingerprint density at radius 2 is 1.93 bits per heavy atom. The van der Waals surface area contributed by atoms with Gasteiger partial charge in [0.25, 0.3) is 0 Å². The first-order chi connectivity index (χ1) is 14.3. The third-order valence-corrected chi connectivity index (χ3v) is 6.06. The van der Waals surface area contributed by atoms with Gasteiger partial charge in [-0.25, -0.2) is 15.0 Å². The largest absolute Gasteiger partial charge is 0.353 e. The van der Waals surface area contributed by atoms with Gasteiger partial charge in [0, 0.05) is 61.1 Å². The Bertz CT molecular complexity index is 1220. The van der Waals surface area contributed by atoms with Gasteiger partial charge in [-0.05, 0) is 42.9 Å². The molecule has 0 radical (unpaired) electrons. The Morgan fingerprint density at radius 1 is 1.07 bits per heavy atom. The van der Waals surface area contributed by atoms with E-state index in [1.165, 1.54) is 23.8 Å². The van der Waals surface area contributed by atoms with Crippen LogP contribution in [0.15, 0.2) is 30.9 Å². The minimum atomic E-state index is 0.599. The SMILES string of the molecule is Cc1c[nH]c2nccc(-c3nc(N4CCNCC4)c4c(C5CC5)cncc4n3)c12. The van der Waals surface area contributed by atoms with E-state index in [1.807, 2.05) is 30.9 Å². The maximum absolute atomic E-state index is 5.15. The molecule has 0 spiro atoms. The quantitative estimate of drug-likeness (QED) is 0.564. The fourth-order valence-corrected chi connectivity index (χ4v) is 4.42. The minimum absolute atomic E-state index is 0.599. The summed E-state index contributed by atoms with van der Waals surface area (Å²) >= 11 is 0. The number of pyridine rings is 2. The zero-order valence-electron chi connectivity index (χ0n) is 16.4. The lowest BCUT2D eigenvalue weighted by Crippen LogP contribution is -2.44. The molecule has 0 atom stereocenters. The topological polar surface area (TPSA) is 82.6 Å². The minimum Gasteiger partial charge on any atom is -0.353 e. The van der Waals surface area contributed by atoms with Gasteiger partial charge in [-0.3, -0.25) is 4.98 Å². The molecule has 29 heavy (non-hydrogen) atoms. The molecule has 5 heterocycles. The zero-order valence-corrected chi connectivity index (χ0v) is 16.4. The fraction of sp³-hybridized carbons (Fsp3) is 0.364. The molecule has 7 heteroatoms. The average Bonchev–Trinajstić information content (AvgIpc) is 3.55. The highest BCUT2D eigenvalue weighted by Crippen LogP contribution is 2.45. The van der Waals surface area contributed by atoms with Gasteiger partial charge in [0.15, 0.2) is 5.82 Å². The highest BCUT2D eigenvalue weighted by Gasteiger charge is 2.29. The van der Waals surface area contributed by atoms with Gasteiger partial charge in [-0.2, -0.15) is 0 Å². The second-order valence-electron chi connectivity index (χ2n) is 8.06. The molecule has 1 aliphatic carbocycles. The van der Waals surface area contributed by atoms with Crippen molar-refractivity contribution in [2.24, 2.45) is 0 Å². The fourth-order valence-electron chi connectivity index (χ4n) is 4.42. The van der Waals surface area contributed by atoms with Crippen LogP contribution in [0.25, 0.3) is 33.3 Å². The van der Waals surface area contributed by atoms with E-state index in [2.05, 4.69) is 32.1 Å². The van der Waals surface area contributed by atoms with Crippen molar-refractivity contribution in [1.29, 1.82) is 0 Å². The molecular weight excluding hydrogens is 362 g/mol. The monoisotopic (exact) mass is 385 g/mol. The van der Waals surface area contributed by atoms with E-state index in [1.54, 1.807) is 0 Å². The summed E-state index contributed by atoms with van der Waals surface area (Å²) in [6.45, 7) is 5.94. The average molecular weight is 385 g/mol. The summed E-state index contributed by atoms with van der Waals surface area (Å²) in [5.74, 6) is 2.40. The van der Waals surface area contributed by atoms with Gasteiger partial charge in [-0.1, -0.05) is 0 Å². The van der Waals surface area contributed by atoms with Crippen LogP contribution in [0.4, 0.5) is 5.82 Å². The molecule has 6 rings (SSSR count). The van der Waals surface area contributed by atoms with Crippen molar-refractivity contribution in [3.63, 3.8) is 0 Å². The summed E-state index contributed by atoms with van der Waals surface area (Å²) < 4.78 is 0. The lowest BCUT2D eigenvalue weighted by atomic mass is 10.1. The van der Waals surface area contributed by atoms with E-state index < -0.39 is 0 Å². The van der Waals surface area contributed by atoms with Gasteiger partial charge in [0.2, 0.25) is 0 Å². The number of nitrogens with one attached hydrogen (secondary N) is 2. The number of rotatable bonds is 3. The number of hydrogen-bond donors (Lipinski definition) is 2. The molecule has 2 aliphatic rings. The van der Waals surface area contributed by atoms with Crippen LogP contribution in [-0.4, -0.2) is 51.1 Å². The zero-order chi connectivity index (χ0) is 19.4. The second kappa shape index (κ2) is 6.49. The van der Waals surface area contributed by atoms with E-state index in [9.17, 15) is 0 Å². The Kier molecular flexibility index (Phi) is 3.77. The molecule has 7 nitrogen and oxygen atoms in total. The second-order valence-corrected chi connectivity index (χ2v) is 8.06. The maximum Gasteiger partial charge on any atom is 0.163 e. The molecule has 1 saturated carbocycles. The molecule has 4 aromatic rings. The molecule has 0 aromatic carbocycles. The van der Waals surface area contributed by atoms with Gasteiger partial charge < -0.3 is 15.2 Å². The van der Waals surface area contributed by atoms with Crippen LogP contribution in [0.2, 0.25) is 0 Å². The van der Waals surface area contributed by atoms with Gasteiger partial charge in [0.1, 0.15) is 11.5 Å². The van der Waals surface area contributed by atoms with Crippen molar-refractivity contribution in [3.05, 3.63) is 42.0 Å². The van der Waals surface area contributed by atoms with Crippen LogP contribution in [0.1, 0.15) is 29.9 Å². The van der Waals surface area contributed by atoms with Gasteiger partial charge in [-0.15, -0.1) is 0 Å². The first kappa shape index (κ1) is 16.9. The number of piperazine rings is 1. The van der Waals surface area contributed by atoms with E-state index in [4.69, 9.17) is 9.97 Å². The Hall–Kier alpha value is -3.06. The molecule has 146 valence electrons. The molecule has 1 saturated heterocycles. The lowest BCUT2D eigenvalue weighted by Gasteiger charge is -2.30. The van der Waals surface area contributed by atoms with Crippen LogP contribution in [0, 0.1) is 6.92 Å². The van der Waals surface area contributed by atoms with Crippen molar-refractivity contribution >= 4 is 27.8 Å². The first-order valence-electron chi connectivity index (χ1n) is 10.3. The van der Waals surface area contributed by atoms with Crippen LogP contribution < -0.4 is 10.2 Å². The van der Waals surface area contributed by atoms with Crippen LogP contribution in [0.3, 0.4) is 0 Å². The number of hydrogen-bond acceptors (Lipinski definition) is 6. The van der Waals surface area contributed by atoms with Crippen LogP contribution >= 0.6 is 0 Å². The molecule has 2 N–H and O–H groups in total. The Labute approximate surface area is 168 Å². The summed E-state index contributed by atoms with van der Waals surface area (Å²) in [7, 11) is 0. The first-order valence-corrected chi connectivity index (χ1v) is 10.3. The summed E-state index contributed by atoms with van der Waals surface area (Å²) in [6.07, 6.45) is 10.2. The van der Waals surface area contributed by atoms with Crippen molar-refractivity contribution in [1.82, 2.24) is 30.2 Å². The van der Waals surface area contributed by atoms with Gasteiger partial charge >= 0.3 is 0 Å². The van der Waals surface area contributed by atoms with Gasteiger partial charge in [0.05, 0.1) is 11.7 Å². The number of aromatic nitrogens is 5. The summed E-state index contributed by atoms with van der Waals surface area (Å²) in [4.78, 5) is 24.8. The highest BCUT2D eigenvalue weighted by atomic mass is 15.2. The molecule has 0 amide bonds. The Balaban J connectivity index is 1.63. The van der Waals surface area contributed by atoms with Crippen molar-refractivity contribution in [3.8, 4) is 11.4 Å². The number of H-pyrrole nitrogens is 1. The van der Waals surface area contributed by atoms with E-state index in [0.717, 1.165) is 65.5 Å². The standard InChI is InChI=1S/C22H23N7/c1-13-10-26-21-18(13)15(4-5-25-21)20-27-17-12-24-11-16(14-2-3-14)19(17)22(28-20)29-8-6-23-7-9-29/h4-5,10-12,14,23H,2-3,6-9H2,1H3,(H,25,26). The van der Waals surface area contributed by atoms with Crippen molar-refractivity contribution in [2.75, 3.05) is 31.1 Å². The summed E-state index contributed by atoms with van der Waals surface area (Å²) in [5.41, 5.74) is 5.29. The molecular formula is C22H23N7. The third kappa shape index (κ3) is 2.76. The van der Waals surface area contributed by atoms with E-state index in [-0.39, 0.29) is 0 Å². The Morgan fingerprint density at radius 3 is 2.76 bits per heavy atom. The number of aromatic amines is 1. The van der Waals surface area contributed by atoms with E-state index >= 15 is 0 Å². The number of nitrogens with zero attached hydrogens (tertiary/aromatic N) is 5. The molecule has 1 aliphatic heterocycles. The molecule has 0 unspecified atom stereocenters.